The molecule has 0 aliphatic heterocycles. The monoisotopic (exact) mass is 450 g/mol. The van der Waals surface area contributed by atoms with Gasteiger partial charge in [-0.1, -0.05) is 52.3 Å². The molecular weight excluding hydrogens is 435 g/mol. The predicted molar refractivity (Wildman–Crippen MR) is 114 cm³/mol. The van der Waals surface area contributed by atoms with E-state index in [0.29, 0.717) is 22.6 Å². The van der Waals surface area contributed by atoms with Crippen LogP contribution in [0.1, 0.15) is 11.1 Å². The van der Waals surface area contributed by atoms with Crippen LogP contribution in [-0.2, 0) is 11.4 Å². The maximum absolute atomic E-state index is 13.8. The van der Waals surface area contributed by atoms with Gasteiger partial charge < -0.3 is 10.1 Å². The van der Waals surface area contributed by atoms with E-state index in [9.17, 15) is 14.4 Å². The number of carbonyl (C=O) groups excluding carboxylic acids is 1. The highest BCUT2D eigenvalue weighted by Gasteiger charge is 2.12. The molecule has 0 fully saturated rings. The van der Waals surface area contributed by atoms with E-state index >= 15 is 0 Å². The lowest BCUT2D eigenvalue weighted by atomic mass is 10.1. The molecule has 0 saturated carbocycles. The molecule has 0 bridgehead atoms. The van der Waals surface area contributed by atoms with Gasteiger partial charge in [0.2, 0.25) is 0 Å². The summed E-state index contributed by atoms with van der Waals surface area (Å²) in [6.45, 7) is 0.0211. The van der Waals surface area contributed by atoms with Gasteiger partial charge in [-0.05, 0) is 42.5 Å². The molecule has 3 rings (SSSR count). The van der Waals surface area contributed by atoms with Crippen molar-refractivity contribution in [3.8, 4) is 11.8 Å². The average Bonchev–Trinajstić information content (AvgIpc) is 2.73. The molecule has 0 heterocycles. The number of halogens is 2. The molecule has 0 unspecified atom stereocenters. The molecule has 3 aromatic carbocycles. The number of benzene rings is 3. The molecule has 0 spiro atoms. The van der Waals surface area contributed by atoms with Crippen LogP contribution in [0.15, 0.2) is 82.8 Å². The molecule has 1 N–H and O–H groups in total. The Hall–Kier alpha value is -3.43. The van der Waals surface area contributed by atoms with Crippen LogP contribution in [-0.4, -0.2) is 5.91 Å². The number of nitrogens with one attached hydrogen (secondary N) is 1. The molecule has 0 saturated heterocycles. The molecule has 0 aliphatic rings. The SMILES string of the molecule is N#C/C(=C\c1cc(Br)ccc1OCc1ccccc1F)C(=O)Nc1ccccc1. The van der Waals surface area contributed by atoms with Gasteiger partial charge in [-0.15, -0.1) is 0 Å². The summed E-state index contributed by atoms with van der Waals surface area (Å²) in [5, 5.41) is 12.1. The number of rotatable bonds is 6. The van der Waals surface area contributed by atoms with Crippen molar-refractivity contribution in [1.82, 2.24) is 0 Å². The zero-order chi connectivity index (χ0) is 20.6. The van der Waals surface area contributed by atoms with E-state index in [1.165, 1.54) is 12.1 Å². The Labute approximate surface area is 176 Å². The van der Waals surface area contributed by atoms with Crippen molar-refractivity contribution in [3.05, 3.63) is 99.8 Å². The number of nitrogens with zero attached hydrogens (tertiary/aromatic N) is 1. The van der Waals surface area contributed by atoms with Crippen LogP contribution in [0.4, 0.5) is 10.1 Å². The fourth-order valence-electron chi connectivity index (χ4n) is 2.56. The van der Waals surface area contributed by atoms with Gasteiger partial charge in [0, 0.05) is 21.3 Å². The normalized spacial score (nSPS) is 10.9. The number of anilines is 1. The highest BCUT2D eigenvalue weighted by Crippen LogP contribution is 2.27. The van der Waals surface area contributed by atoms with Gasteiger partial charge in [0.25, 0.3) is 5.91 Å². The standard InChI is InChI=1S/C23H16BrFN2O2/c24-19-10-11-22(29-15-16-6-4-5-9-21(16)25)17(13-19)12-18(14-26)23(28)27-20-7-2-1-3-8-20/h1-13H,15H2,(H,27,28)/b18-12+. The molecule has 0 aromatic heterocycles. The highest BCUT2D eigenvalue weighted by atomic mass is 79.9. The second-order valence-corrected chi connectivity index (χ2v) is 6.97. The Morgan fingerprint density at radius 3 is 2.55 bits per heavy atom. The maximum atomic E-state index is 13.8. The lowest BCUT2D eigenvalue weighted by molar-refractivity contribution is -0.112. The van der Waals surface area contributed by atoms with Gasteiger partial charge in [-0.2, -0.15) is 5.26 Å². The highest BCUT2D eigenvalue weighted by molar-refractivity contribution is 9.10. The molecule has 1 amide bonds. The second-order valence-electron chi connectivity index (χ2n) is 6.05. The van der Waals surface area contributed by atoms with Crippen molar-refractivity contribution in [3.63, 3.8) is 0 Å². The maximum Gasteiger partial charge on any atom is 0.266 e. The van der Waals surface area contributed by atoms with Crippen LogP contribution in [0.5, 0.6) is 5.75 Å². The van der Waals surface area contributed by atoms with Crippen molar-refractivity contribution >= 4 is 33.6 Å². The average molecular weight is 451 g/mol. The third-order valence-corrected chi connectivity index (χ3v) is 4.50. The van der Waals surface area contributed by atoms with Crippen LogP contribution in [0, 0.1) is 17.1 Å². The number of nitriles is 1. The minimum Gasteiger partial charge on any atom is -0.488 e. The summed E-state index contributed by atoms with van der Waals surface area (Å²) in [6.07, 6.45) is 1.44. The summed E-state index contributed by atoms with van der Waals surface area (Å²) >= 11 is 3.38. The Morgan fingerprint density at radius 2 is 1.83 bits per heavy atom. The smallest absolute Gasteiger partial charge is 0.266 e. The van der Waals surface area contributed by atoms with E-state index in [-0.39, 0.29) is 18.0 Å². The van der Waals surface area contributed by atoms with Gasteiger partial charge in [0.05, 0.1) is 0 Å². The zero-order valence-electron chi connectivity index (χ0n) is 15.2. The second kappa shape index (κ2) is 9.67. The van der Waals surface area contributed by atoms with Crippen molar-refractivity contribution in [2.24, 2.45) is 0 Å². The van der Waals surface area contributed by atoms with E-state index in [1.807, 2.05) is 12.1 Å². The zero-order valence-corrected chi connectivity index (χ0v) is 16.8. The molecule has 0 aliphatic carbocycles. The van der Waals surface area contributed by atoms with E-state index in [4.69, 9.17) is 4.74 Å². The van der Waals surface area contributed by atoms with Crippen LogP contribution in [0.2, 0.25) is 0 Å². The van der Waals surface area contributed by atoms with Crippen LogP contribution >= 0.6 is 15.9 Å². The summed E-state index contributed by atoms with van der Waals surface area (Å²) < 4.78 is 20.3. The van der Waals surface area contributed by atoms with Gasteiger partial charge in [0.15, 0.2) is 0 Å². The van der Waals surface area contributed by atoms with Crippen LogP contribution < -0.4 is 10.1 Å². The third-order valence-electron chi connectivity index (χ3n) is 4.01. The predicted octanol–water partition coefficient (Wildman–Crippen LogP) is 5.71. The Balaban J connectivity index is 1.84. The molecule has 4 nitrogen and oxygen atoms in total. The first kappa shape index (κ1) is 20.3. The molecule has 6 heteroatoms. The lowest BCUT2D eigenvalue weighted by Gasteiger charge is -2.11. The van der Waals surface area contributed by atoms with Crippen molar-refractivity contribution in [2.75, 3.05) is 5.32 Å². The fourth-order valence-corrected chi connectivity index (χ4v) is 2.94. The van der Waals surface area contributed by atoms with E-state index in [0.717, 1.165) is 4.47 Å². The topological polar surface area (TPSA) is 62.1 Å². The molecule has 0 atom stereocenters. The lowest BCUT2D eigenvalue weighted by Crippen LogP contribution is -2.13. The van der Waals surface area contributed by atoms with Gasteiger partial charge in [0.1, 0.15) is 29.8 Å². The number of amides is 1. The summed E-state index contributed by atoms with van der Waals surface area (Å²) in [6, 6.07) is 22.3. The van der Waals surface area contributed by atoms with Gasteiger partial charge >= 0.3 is 0 Å². The quantitative estimate of drug-likeness (QED) is 0.386. The Bertz CT molecular complexity index is 1090. The van der Waals surface area contributed by atoms with Crippen molar-refractivity contribution in [2.45, 2.75) is 6.61 Å². The van der Waals surface area contributed by atoms with Crippen molar-refractivity contribution < 1.29 is 13.9 Å². The fraction of sp³-hybridized carbons (Fsp3) is 0.0435. The van der Waals surface area contributed by atoms with Gasteiger partial charge in [-0.3, -0.25) is 4.79 Å². The summed E-state index contributed by atoms with van der Waals surface area (Å²) in [7, 11) is 0. The van der Waals surface area contributed by atoms with Gasteiger partial charge in [-0.25, -0.2) is 4.39 Å². The number of carbonyl (C=O) groups is 1. The molecular formula is C23H16BrFN2O2. The molecule has 0 radical (unpaired) electrons. The van der Waals surface area contributed by atoms with E-state index in [1.54, 1.807) is 60.7 Å². The Kier molecular flexibility index (Phi) is 6.77. The molecule has 29 heavy (non-hydrogen) atoms. The number of ether oxygens (including phenoxy) is 1. The summed E-state index contributed by atoms with van der Waals surface area (Å²) in [5.41, 5.74) is 1.44. The van der Waals surface area contributed by atoms with Crippen LogP contribution in [0.25, 0.3) is 6.08 Å². The minimum atomic E-state index is -0.529. The number of hydrogen-bond donors (Lipinski definition) is 1. The van der Waals surface area contributed by atoms with E-state index in [2.05, 4.69) is 21.2 Å². The first-order chi connectivity index (χ1) is 14.1. The minimum absolute atomic E-state index is 0.0211. The van der Waals surface area contributed by atoms with E-state index < -0.39 is 5.91 Å². The summed E-state index contributed by atoms with van der Waals surface area (Å²) in [4.78, 5) is 12.5. The van der Waals surface area contributed by atoms with Crippen molar-refractivity contribution in [1.29, 1.82) is 5.26 Å². The first-order valence-corrected chi connectivity index (χ1v) is 9.50. The number of hydrogen-bond acceptors (Lipinski definition) is 3. The van der Waals surface area contributed by atoms with Crippen LogP contribution in [0.3, 0.4) is 0 Å². The molecule has 3 aromatic rings. The number of para-hydroxylation sites is 1. The molecule has 144 valence electrons. The summed E-state index contributed by atoms with van der Waals surface area (Å²) in [5.74, 6) is -0.461. The Morgan fingerprint density at radius 1 is 1.10 bits per heavy atom. The largest absolute Gasteiger partial charge is 0.488 e. The third kappa shape index (κ3) is 5.53. The first-order valence-electron chi connectivity index (χ1n) is 8.71.